The third-order valence-electron chi connectivity index (χ3n) is 3.92. The summed E-state index contributed by atoms with van der Waals surface area (Å²) in [6.45, 7) is 0. The van der Waals surface area contributed by atoms with E-state index in [9.17, 15) is 9.90 Å². The Bertz CT molecular complexity index is 647. The molecular weight excluding hydrogens is 272 g/mol. The molecule has 4 bridgehead atoms. The number of hydrogen-bond acceptors (Lipinski definition) is 1. The average Bonchev–Trinajstić information content (AvgIpc) is 2.42. The SMILES string of the molecule is O=C(O)C1Cc2ccc(cc2Cl)CCc2ccc1cc2. The van der Waals surface area contributed by atoms with Crippen molar-refractivity contribution in [2.75, 3.05) is 0 Å². The highest BCUT2D eigenvalue weighted by Gasteiger charge is 2.22. The largest absolute Gasteiger partial charge is 0.481 e. The molecule has 0 heterocycles. The first-order valence-corrected chi connectivity index (χ1v) is 7.10. The molecular formula is C17H15ClO2. The van der Waals surface area contributed by atoms with Gasteiger partial charge in [0.15, 0.2) is 0 Å². The molecule has 0 aliphatic heterocycles. The van der Waals surface area contributed by atoms with Gasteiger partial charge in [-0.1, -0.05) is 48.0 Å². The maximum Gasteiger partial charge on any atom is 0.311 e. The molecule has 0 amide bonds. The van der Waals surface area contributed by atoms with E-state index in [0.717, 1.165) is 24.0 Å². The lowest BCUT2D eigenvalue weighted by Crippen LogP contribution is -2.15. The van der Waals surface area contributed by atoms with Gasteiger partial charge in [0, 0.05) is 5.02 Å². The zero-order chi connectivity index (χ0) is 14.1. The van der Waals surface area contributed by atoms with Crippen LogP contribution in [-0.2, 0) is 24.1 Å². The summed E-state index contributed by atoms with van der Waals surface area (Å²) in [5.41, 5.74) is 4.14. The summed E-state index contributed by atoms with van der Waals surface area (Å²) in [6.07, 6.45) is 2.31. The van der Waals surface area contributed by atoms with Crippen LogP contribution in [0.2, 0.25) is 5.02 Å². The maximum absolute atomic E-state index is 11.5. The van der Waals surface area contributed by atoms with Gasteiger partial charge in [0.2, 0.25) is 0 Å². The summed E-state index contributed by atoms with van der Waals surface area (Å²) in [5, 5.41) is 10.1. The summed E-state index contributed by atoms with van der Waals surface area (Å²) >= 11 is 6.29. The molecule has 0 fully saturated rings. The second-order valence-electron chi connectivity index (χ2n) is 5.26. The van der Waals surface area contributed by atoms with Gasteiger partial charge in [0.05, 0.1) is 5.92 Å². The molecule has 2 nitrogen and oxygen atoms in total. The number of carbonyl (C=O) groups is 1. The molecule has 0 saturated heterocycles. The van der Waals surface area contributed by atoms with Crippen molar-refractivity contribution >= 4 is 17.6 Å². The van der Waals surface area contributed by atoms with E-state index >= 15 is 0 Å². The Morgan fingerprint density at radius 2 is 1.70 bits per heavy atom. The average molecular weight is 287 g/mol. The summed E-state index contributed by atoms with van der Waals surface area (Å²) in [5.74, 6) is -1.36. The fourth-order valence-corrected chi connectivity index (χ4v) is 2.97. The van der Waals surface area contributed by atoms with Gasteiger partial charge in [-0.05, 0) is 47.6 Å². The minimum Gasteiger partial charge on any atom is -0.481 e. The lowest BCUT2D eigenvalue weighted by atomic mass is 9.89. The van der Waals surface area contributed by atoms with E-state index in [4.69, 9.17) is 11.6 Å². The van der Waals surface area contributed by atoms with Gasteiger partial charge in [-0.3, -0.25) is 4.79 Å². The van der Waals surface area contributed by atoms with Crippen LogP contribution >= 0.6 is 11.6 Å². The van der Waals surface area contributed by atoms with E-state index < -0.39 is 11.9 Å². The lowest BCUT2D eigenvalue weighted by Gasteiger charge is -2.16. The Kier molecular flexibility index (Phi) is 3.49. The fourth-order valence-electron chi connectivity index (χ4n) is 2.68. The molecule has 6 rings (SSSR count). The summed E-state index contributed by atoms with van der Waals surface area (Å²) in [7, 11) is 0. The second-order valence-corrected chi connectivity index (χ2v) is 5.67. The fraction of sp³-hybridized carbons (Fsp3) is 0.235. The minimum atomic E-state index is -0.810. The normalized spacial score (nSPS) is 17.6. The standard InChI is InChI=1S/C17H15ClO2/c18-16-9-12-2-1-11-3-6-13(7-4-11)15(17(19)20)10-14(16)8-5-12/h3-9,15H,1-2,10H2,(H,19,20). The highest BCUT2D eigenvalue weighted by Crippen LogP contribution is 2.28. The van der Waals surface area contributed by atoms with Crippen LogP contribution in [0.15, 0.2) is 42.5 Å². The molecule has 1 N–H and O–H groups in total. The third-order valence-corrected chi connectivity index (χ3v) is 4.28. The van der Waals surface area contributed by atoms with E-state index in [2.05, 4.69) is 0 Å². The van der Waals surface area contributed by atoms with E-state index in [0.29, 0.717) is 11.4 Å². The number of rotatable bonds is 1. The highest BCUT2D eigenvalue weighted by molar-refractivity contribution is 6.31. The van der Waals surface area contributed by atoms with Crippen LogP contribution in [0.25, 0.3) is 0 Å². The van der Waals surface area contributed by atoms with E-state index in [1.807, 2.05) is 42.5 Å². The van der Waals surface area contributed by atoms with E-state index in [1.165, 1.54) is 11.1 Å². The Morgan fingerprint density at radius 1 is 1.05 bits per heavy atom. The van der Waals surface area contributed by atoms with Crippen LogP contribution in [-0.4, -0.2) is 11.1 Å². The highest BCUT2D eigenvalue weighted by atomic mass is 35.5. The molecule has 0 spiro atoms. The predicted octanol–water partition coefficient (Wildman–Crippen LogP) is 3.85. The first-order valence-electron chi connectivity index (χ1n) is 6.72. The summed E-state index contributed by atoms with van der Waals surface area (Å²) < 4.78 is 0. The molecule has 4 aliphatic rings. The molecule has 102 valence electrons. The van der Waals surface area contributed by atoms with Crippen molar-refractivity contribution in [3.05, 3.63) is 69.7 Å². The quantitative estimate of drug-likeness (QED) is 0.864. The molecule has 4 aliphatic carbocycles. The van der Waals surface area contributed by atoms with Gasteiger partial charge in [-0.25, -0.2) is 0 Å². The van der Waals surface area contributed by atoms with Crippen molar-refractivity contribution < 1.29 is 9.90 Å². The van der Waals surface area contributed by atoms with Gasteiger partial charge in [-0.15, -0.1) is 0 Å². The predicted molar refractivity (Wildman–Crippen MR) is 79.4 cm³/mol. The molecule has 20 heavy (non-hydrogen) atoms. The van der Waals surface area contributed by atoms with Crippen molar-refractivity contribution in [2.24, 2.45) is 0 Å². The zero-order valence-corrected chi connectivity index (χ0v) is 11.7. The van der Waals surface area contributed by atoms with Crippen molar-refractivity contribution in [3.63, 3.8) is 0 Å². The number of carboxylic acids is 1. The van der Waals surface area contributed by atoms with Crippen LogP contribution in [0.4, 0.5) is 0 Å². The van der Waals surface area contributed by atoms with Crippen LogP contribution < -0.4 is 0 Å². The Balaban J connectivity index is 2.10. The smallest absolute Gasteiger partial charge is 0.311 e. The second kappa shape index (κ2) is 5.29. The maximum atomic E-state index is 11.5. The van der Waals surface area contributed by atoms with Gasteiger partial charge in [-0.2, -0.15) is 0 Å². The topological polar surface area (TPSA) is 37.3 Å². The number of benzene rings is 2. The Labute approximate surface area is 123 Å². The minimum absolute atomic E-state index is 0.424. The molecule has 1 unspecified atom stereocenters. The van der Waals surface area contributed by atoms with Gasteiger partial charge in [0.1, 0.15) is 0 Å². The number of aliphatic carboxylic acids is 1. The lowest BCUT2D eigenvalue weighted by molar-refractivity contribution is -0.138. The van der Waals surface area contributed by atoms with E-state index in [1.54, 1.807) is 0 Å². The van der Waals surface area contributed by atoms with Crippen LogP contribution in [0.3, 0.4) is 0 Å². The molecule has 1 atom stereocenters. The number of carboxylic acid groups (broad SMARTS) is 1. The van der Waals surface area contributed by atoms with Crippen molar-refractivity contribution in [1.82, 2.24) is 0 Å². The first kappa shape index (κ1) is 13.2. The van der Waals surface area contributed by atoms with Gasteiger partial charge < -0.3 is 5.11 Å². The van der Waals surface area contributed by atoms with Crippen molar-refractivity contribution in [2.45, 2.75) is 25.2 Å². The first-order chi connectivity index (χ1) is 9.63. The van der Waals surface area contributed by atoms with Crippen LogP contribution in [0.1, 0.15) is 28.2 Å². The molecule has 0 radical (unpaired) electrons. The van der Waals surface area contributed by atoms with E-state index in [-0.39, 0.29) is 0 Å². The van der Waals surface area contributed by atoms with Crippen LogP contribution in [0, 0.1) is 0 Å². The number of aryl methyl sites for hydroxylation is 2. The molecule has 0 aromatic heterocycles. The summed E-state index contributed by atoms with van der Waals surface area (Å²) in [4.78, 5) is 11.5. The molecule has 3 heteroatoms. The zero-order valence-electron chi connectivity index (χ0n) is 11.0. The molecule has 2 aromatic rings. The monoisotopic (exact) mass is 286 g/mol. The number of hydrogen-bond donors (Lipinski definition) is 1. The number of halogens is 1. The van der Waals surface area contributed by atoms with Gasteiger partial charge in [0.25, 0.3) is 0 Å². The van der Waals surface area contributed by atoms with Crippen molar-refractivity contribution in [3.8, 4) is 0 Å². The van der Waals surface area contributed by atoms with Gasteiger partial charge >= 0.3 is 5.97 Å². The third kappa shape index (κ3) is 2.56. The van der Waals surface area contributed by atoms with Crippen molar-refractivity contribution in [1.29, 1.82) is 0 Å². The Hall–Kier alpha value is -1.80. The Morgan fingerprint density at radius 3 is 2.35 bits per heavy atom. The summed E-state index contributed by atoms with van der Waals surface area (Å²) in [6, 6.07) is 13.9. The van der Waals surface area contributed by atoms with Crippen LogP contribution in [0.5, 0.6) is 0 Å². The molecule has 2 aromatic carbocycles. The molecule has 0 saturated carbocycles.